The van der Waals surface area contributed by atoms with E-state index in [4.69, 9.17) is 17.3 Å². The Kier molecular flexibility index (Phi) is 4.15. The van der Waals surface area contributed by atoms with Gasteiger partial charge in [0.05, 0.1) is 11.4 Å². The molecule has 0 aliphatic heterocycles. The molecular formula is C14H14BrClN2. The fourth-order valence-electron chi connectivity index (χ4n) is 1.73. The Bertz CT molecular complexity index is 540. The Labute approximate surface area is 120 Å². The molecule has 0 saturated heterocycles. The summed E-state index contributed by atoms with van der Waals surface area (Å²) >= 11 is 9.27. The molecule has 0 amide bonds. The van der Waals surface area contributed by atoms with Crippen LogP contribution in [0.1, 0.15) is 18.5 Å². The molecule has 1 unspecified atom stereocenters. The molecule has 0 aliphatic carbocycles. The van der Waals surface area contributed by atoms with Crippen molar-refractivity contribution in [3.8, 4) is 0 Å². The molecule has 18 heavy (non-hydrogen) atoms. The maximum Gasteiger partial charge on any atom is 0.0579 e. The van der Waals surface area contributed by atoms with E-state index in [0.29, 0.717) is 0 Å². The molecule has 0 aliphatic rings. The largest absolute Gasteiger partial charge is 0.397 e. The SMILES string of the molecule is CC(Nc1ccc(Br)cc1N)c1ccc(Cl)cc1. The van der Waals surface area contributed by atoms with Gasteiger partial charge < -0.3 is 11.1 Å². The molecule has 3 N–H and O–H groups in total. The quantitative estimate of drug-likeness (QED) is 0.791. The number of nitrogens with one attached hydrogen (secondary N) is 1. The van der Waals surface area contributed by atoms with Crippen LogP contribution in [0.2, 0.25) is 5.02 Å². The molecule has 4 heteroatoms. The minimum absolute atomic E-state index is 0.172. The zero-order valence-electron chi connectivity index (χ0n) is 9.95. The van der Waals surface area contributed by atoms with E-state index in [9.17, 15) is 0 Å². The first-order chi connectivity index (χ1) is 8.56. The number of anilines is 2. The summed E-state index contributed by atoms with van der Waals surface area (Å²) in [5.41, 5.74) is 8.78. The van der Waals surface area contributed by atoms with Gasteiger partial charge in [0.25, 0.3) is 0 Å². The summed E-state index contributed by atoms with van der Waals surface area (Å²) in [6.07, 6.45) is 0. The van der Waals surface area contributed by atoms with E-state index < -0.39 is 0 Å². The van der Waals surface area contributed by atoms with Crippen LogP contribution in [0.4, 0.5) is 11.4 Å². The number of hydrogen-bond acceptors (Lipinski definition) is 2. The van der Waals surface area contributed by atoms with Gasteiger partial charge in [-0.3, -0.25) is 0 Å². The van der Waals surface area contributed by atoms with Crippen molar-refractivity contribution in [1.82, 2.24) is 0 Å². The van der Waals surface area contributed by atoms with Crippen LogP contribution in [0.3, 0.4) is 0 Å². The normalized spacial score (nSPS) is 12.2. The van der Waals surface area contributed by atoms with Gasteiger partial charge in [0.15, 0.2) is 0 Å². The molecule has 0 fully saturated rings. The van der Waals surface area contributed by atoms with Crippen LogP contribution in [0, 0.1) is 0 Å². The summed E-state index contributed by atoms with van der Waals surface area (Å²) in [6.45, 7) is 2.09. The Morgan fingerprint density at radius 1 is 1.17 bits per heavy atom. The third-order valence-electron chi connectivity index (χ3n) is 2.76. The van der Waals surface area contributed by atoms with E-state index in [2.05, 4.69) is 28.2 Å². The summed E-state index contributed by atoms with van der Waals surface area (Å²) in [5, 5.41) is 4.13. The lowest BCUT2D eigenvalue weighted by atomic mass is 10.1. The van der Waals surface area contributed by atoms with Crippen LogP contribution in [0.5, 0.6) is 0 Å². The van der Waals surface area contributed by atoms with E-state index in [1.54, 1.807) is 0 Å². The predicted molar refractivity (Wildman–Crippen MR) is 82.0 cm³/mol. The topological polar surface area (TPSA) is 38.0 Å². The fraction of sp³-hybridized carbons (Fsp3) is 0.143. The van der Waals surface area contributed by atoms with E-state index in [-0.39, 0.29) is 6.04 Å². The highest BCUT2D eigenvalue weighted by Gasteiger charge is 2.07. The minimum atomic E-state index is 0.172. The second-order valence-corrected chi connectivity index (χ2v) is 5.50. The van der Waals surface area contributed by atoms with Crippen molar-refractivity contribution in [2.45, 2.75) is 13.0 Å². The number of nitrogen functional groups attached to an aromatic ring is 1. The van der Waals surface area contributed by atoms with Gasteiger partial charge in [-0.15, -0.1) is 0 Å². The van der Waals surface area contributed by atoms with E-state index in [0.717, 1.165) is 20.9 Å². The van der Waals surface area contributed by atoms with Gasteiger partial charge in [-0.25, -0.2) is 0 Å². The summed E-state index contributed by atoms with van der Waals surface area (Å²) in [4.78, 5) is 0. The van der Waals surface area contributed by atoms with Crippen molar-refractivity contribution in [1.29, 1.82) is 0 Å². The van der Waals surface area contributed by atoms with Crippen LogP contribution < -0.4 is 11.1 Å². The lowest BCUT2D eigenvalue weighted by Gasteiger charge is -2.17. The molecule has 1 atom stereocenters. The van der Waals surface area contributed by atoms with Crippen molar-refractivity contribution >= 4 is 38.9 Å². The number of rotatable bonds is 3. The maximum absolute atomic E-state index is 5.96. The number of hydrogen-bond donors (Lipinski definition) is 2. The van der Waals surface area contributed by atoms with E-state index >= 15 is 0 Å². The van der Waals surface area contributed by atoms with E-state index in [1.807, 2.05) is 42.5 Å². The first-order valence-corrected chi connectivity index (χ1v) is 6.80. The molecular weight excluding hydrogens is 312 g/mol. The predicted octanol–water partition coefficient (Wildman–Crippen LogP) is 4.86. The second kappa shape index (κ2) is 5.63. The van der Waals surface area contributed by atoms with Gasteiger partial charge in [0, 0.05) is 15.5 Å². The Balaban J connectivity index is 2.15. The van der Waals surface area contributed by atoms with Crippen LogP contribution in [0.25, 0.3) is 0 Å². The molecule has 0 bridgehead atoms. The monoisotopic (exact) mass is 324 g/mol. The number of halogens is 2. The van der Waals surface area contributed by atoms with Crippen molar-refractivity contribution in [2.75, 3.05) is 11.1 Å². The van der Waals surface area contributed by atoms with E-state index in [1.165, 1.54) is 5.56 Å². The van der Waals surface area contributed by atoms with Crippen LogP contribution in [-0.2, 0) is 0 Å². The van der Waals surface area contributed by atoms with Gasteiger partial charge in [0.1, 0.15) is 0 Å². The first kappa shape index (κ1) is 13.2. The molecule has 2 aromatic carbocycles. The Hall–Kier alpha value is -1.19. The summed E-state index contributed by atoms with van der Waals surface area (Å²) in [5.74, 6) is 0. The van der Waals surface area contributed by atoms with Crippen molar-refractivity contribution in [3.05, 3.63) is 57.5 Å². The van der Waals surface area contributed by atoms with Crippen LogP contribution in [0.15, 0.2) is 46.9 Å². The van der Waals surface area contributed by atoms with Gasteiger partial charge in [-0.05, 0) is 42.8 Å². The maximum atomic E-state index is 5.96. The van der Waals surface area contributed by atoms with Gasteiger partial charge >= 0.3 is 0 Å². The average Bonchev–Trinajstić information content (AvgIpc) is 2.33. The van der Waals surface area contributed by atoms with Gasteiger partial charge in [-0.1, -0.05) is 39.7 Å². The highest BCUT2D eigenvalue weighted by atomic mass is 79.9. The first-order valence-electron chi connectivity index (χ1n) is 5.63. The minimum Gasteiger partial charge on any atom is -0.397 e. The zero-order valence-corrected chi connectivity index (χ0v) is 12.3. The van der Waals surface area contributed by atoms with Crippen molar-refractivity contribution in [2.24, 2.45) is 0 Å². The molecule has 2 nitrogen and oxygen atoms in total. The molecule has 0 heterocycles. The molecule has 2 rings (SSSR count). The molecule has 94 valence electrons. The fourth-order valence-corrected chi connectivity index (χ4v) is 2.24. The average molecular weight is 326 g/mol. The number of nitrogens with two attached hydrogens (primary N) is 1. The van der Waals surface area contributed by atoms with Crippen molar-refractivity contribution in [3.63, 3.8) is 0 Å². The zero-order chi connectivity index (χ0) is 13.1. The molecule has 0 radical (unpaired) electrons. The number of benzene rings is 2. The van der Waals surface area contributed by atoms with Crippen LogP contribution in [-0.4, -0.2) is 0 Å². The molecule has 0 spiro atoms. The lowest BCUT2D eigenvalue weighted by Crippen LogP contribution is -2.08. The highest BCUT2D eigenvalue weighted by molar-refractivity contribution is 9.10. The van der Waals surface area contributed by atoms with Gasteiger partial charge in [0.2, 0.25) is 0 Å². The van der Waals surface area contributed by atoms with Gasteiger partial charge in [-0.2, -0.15) is 0 Å². The Morgan fingerprint density at radius 2 is 1.83 bits per heavy atom. The third kappa shape index (κ3) is 3.18. The van der Waals surface area contributed by atoms with Crippen LogP contribution >= 0.6 is 27.5 Å². The third-order valence-corrected chi connectivity index (χ3v) is 3.50. The molecule has 2 aromatic rings. The summed E-state index contributed by atoms with van der Waals surface area (Å²) in [7, 11) is 0. The second-order valence-electron chi connectivity index (χ2n) is 4.15. The van der Waals surface area contributed by atoms with Crippen molar-refractivity contribution < 1.29 is 0 Å². The standard InChI is InChI=1S/C14H14BrClN2/c1-9(10-2-5-12(16)6-3-10)18-14-7-4-11(15)8-13(14)17/h2-9,18H,17H2,1H3. The molecule has 0 saturated carbocycles. The summed E-state index contributed by atoms with van der Waals surface area (Å²) in [6, 6.07) is 13.8. The summed E-state index contributed by atoms with van der Waals surface area (Å²) < 4.78 is 0.977. The smallest absolute Gasteiger partial charge is 0.0579 e. The molecule has 0 aromatic heterocycles. The lowest BCUT2D eigenvalue weighted by molar-refractivity contribution is 0.885. The highest BCUT2D eigenvalue weighted by Crippen LogP contribution is 2.27. The Morgan fingerprint density at radius 3 is 2.44 bits per heavy atom.